The number of hydrazine groups is 1. The van der Waals surface area contributed by atoms with Crippen LogP contribution in [0.15, 0.2) is 72.3 Å². The number of nitro groups is 1. The molecule has 0 unspecified atom stereocenters. The number of carbonyl (C=O) groups is 3. The molecule has 1 aliphatic rings. The van der Waals surface area contributed by atoms with Crippen LogP contribution in [-0.4, -0.2) is 35.9 Å². The van der Waals surface area contributed by atoms with E-state index in [1.165, 1.54) is 24.3 Å². The lowest BCUT2D eigenvalue weighted by Crippen LogP contribution is -2.35. The highest BCUT2D eigenvalue weighted by Gasteiger charge is 2.35. The zero-order valence-corrected chi connectivity index (χ0v) is 20.0. The van der Waals surface area contributed by atoms with Gasteiger partial charge in [0, 0.05) is 11.8 Å². The predicted octanol–water partition coefficient (Wildman–Crippen LogP) is 3.61. The summed E-state index contributed by atoms with van der Waals surface area (Å²) in [5.41, 5.74) is 2.57. The number of para-hydroxylation sites is 1. The number of nitrogens with zero attached hydrogens (tertiary/aromatic N) is 2. The van der Waals surface area contributed by atoms with Gasteiger partial charge in [0.15, 0.2) is 12.4 Å². The van der Waals surface area contributed by atoms with Crippen LogP contribution in [0.1, 0.15) is 12.5 Å². The Hall–Kier alpha value is -5.26. The monoisotopic (exact) mass is 520 g/mol. The molecule has 1 fully saturated rings. The van der Waals surface area contributed by atoms with Gasteiger partial charge in [-0.2, -0.15) is 0 Å². The molecule has 4 rings (SSSR count). The molecule has 1 heterocycles. The summed E-state index contributed by atoms with van der Waals surface area (Å²) in [5.74, 6) is -2.81. The van der Waals surface area contributed by atoms with Gasteiger partial charge < -0.3 is 14.8 Å². The zero-order chi connectivity index (χ0) is 27.2. The van der Waals surface area contributed by atoms with Gasteiger partial charge in [0.25, 0.3) is 17.7 Å². The molecule has 0 saturated carbocycles. The molecule has 3 aromatic carbocycles. The Balaban J connectivity index is 1.60. The SMILES string of the molecule is CCOc1cc(/C=C2/C(=O)NN(c3ccccc3)C2=O)cc([N+](=O)[O-])c1OCC(=O)Nc1ccc(F)cc1. The first-order chi connectivity index (χ1) is 18.3. The molecule has 0 radical (unpaired) electrons. The van der Waals surface area contributed by atoms with Crippen LogP contribution in [0.4, 0.5) is 21.5 Å². The molecule has 12 heteroatoms. The molecular weight excluding hydrogens is 499 g/mol. The molecular formula is C26H21FN4O7. The van der Waals surface area contributed by atoms with E-state index in [1.54, 1.807) is 37.3 Å². The fraction of sp³-hybridized carbons (Fsp3) is 0.115. The third-order valence-electron chi connectivity index (χ3n) is 5.25. The summed E-state index contributed by atoms with van der Waals surface area (Å²) in [6.45, 7) is 1.15. The quantitative estimate of drug-likeness (QED) is 0.190. The van der Waals surface area contributed by atoms with Crippen LogP contribution >= 0.6 is 0 Å². The van der Waals surface area contributed by atoms with Crippen molar-refractivity contribution in [3.8, 4) is 11.5 Å². The number of nitrogens with one attached hydrogen (secondary N) is 2. The summed E-state index contributed by atoms with van der Waals surface area (Å²) < 4.78 is 24.0. The molecule has 38 heavy (non-hydrogen) atoms. The van der Waals surface area contributed by atoms with Crippen molar-refractivity contribution in [1.82, 2.24) is 5.43 Å². The fourth-order valence-electron chi connectivity index (χ4n) is 3.59. The number of hydrogen-bond acceptors (Lipinski definition) is 7. The van der Waals surface area contributed by atoms with E-state index < -0.39 is 40.8 Å². The number of hydrogen-bond donors (Lipinski definition) is 2. The van der Waals surface area contributed by atoms with Crippen molar-refractivity contribution in [2.75, 3.05) is 23.5 Å². The van der Waals surface area contributed by atoms with Crippen molar-refractivity contribution in [2.45, 2.75) is 6.92 Å². The Morgan fingerprint density at radius 1 is 1.11 bits per heavy atom. The molecule has 1 saturated heterocycles. The highest BCUT2D eigenvalue weighted by molar-refractivity contribution is 6.31. The Labute approximate surface area is 215 Å². The van der Waals surface area contributed by atoms with E-state index >= 15 is 0 Å². The minimum Gasteiger partial charge on any atom is -0.490 e. The standard InChI is InChI=1S/C26H21FN4O7/c1-2-37-22-14-16(12-20-25(33)29-30(26(20)34)19-6-4-3-5-7-19)13-21(31(35)36)24(22)38-15-23(32)28-18-10-8-17(27)9-11-18/h3-14H,2,15H2,1H3,(H,28,32)(H,29,33)/b20-12-. The second-order valence-electron chi connectivity index (χ2n) is 7.88. The van der Waals surface area contributed by atoms with Crippen molar-refractivity contribution in [3.63, 3.8) is 0 Å². The van der Waals surface area contributed by atoms with Gasteiger partial charge in [0.1, 0.15) is 11.4 Å². The molecule has 0 bridgehead atoms. The Morgan fingerprint density at radius 3 is 2.47 bits per heavy atom. The highest BCUT2D eigenvalue weighted by Crippen LogP contribution is 2.39. The van der Waals surface area contributed by atoms with Crippen molar-refractivity contribution in [1.29, 1.82) is 0 Å². The van der Waals surface area contributed by atoms with E-state index in [0.29, 0.717) is 11.4 Å². The number of amides is 3. The van der Waals surface area contributed by atoms with Crippen molar-refractivity contribution >= 4 is 40.9 Å². The van der Waals surface area contributed by atoms with E-state index in [-0.39, 0.29) is 29.2 Å². The average Bonchev–Trinajstić information content (AvgIpc) is 3.18. The van der Waals surface area contributed by atoms with Crippen molar-refractivity contribution < 1.29 is 33.2 Å². The van der Waals surface area contributed by atoms with Gasteiger partial charge >= 0.3 is 5.69 Å². The van der Waals surface area contributed by atoms with E-state index in [2.05, 4.69) is 10.7 Å². The Kier molecular flexibility index (Phi) is 7.61. The zero-order valence-electron chi connectivity index (χ0n) is 20.0. The van der Waals surface area contributed by atoms with E-state index in [4.69, 9.17) is 9.47 Å². The second-order valence-corrected chi connectivity index (χ2v) is 7.88. The molecule has 11 nitrogen and oxygen atoms in total. The number of carbonyl (C=O) groups excluding carboxylic acids is 3. The minimum absolute atomic E-state index is 0.0612. The van der Waals surface area contributed by atoms with Gasteiger partial charge in [-0.1, -0.05) is 18.2 Å². The number of benzene rings is 3. The number of nitro benzene ring substituents is 1. The minimum atomic E-state index is -0.732. The number of rotatable bonds is 9. The summed E-state index contributed by atoms with van der Waals surface area (Å²) in [7, 11) is 0. The first kappa shape index (κ1) is 25.8. The first-order valence-corrected chi connectivity index (χ1v) is 11.3. The van der Waals surface area contributed by atoms with Gasteiger partial charge in [-0.05, 0) is 61.0 Å². The van der Waals surface area contributed by atoms with Gasteiger partial charge in [0.2, 0.25) is 5.75 Å². The Bertz CT molecular complexity index is 1430. The predicted molar refractivity (Wildman–Crippen MR) is 135 cm³/mol. The van der Waals surface area contributed by atoms with Gasteiger partial charge in [-0.25, -0.2) is 9.40 Å². The molecule has 0 aromatic heterocycles. The lowest BCUT2D eigenvalue weighted by molar-refractivity contribution is -0.385. The average molecular weight is 520 g/mol. The smallest absolute Gasteiger partial charge is 0.315 e. The van der Waals surface area contributed by atoms with Crippen molar-refractivity contribution in [3.05, 3.63) is 93.8 Å². The largest absolute Gasteiger partial charge is 0.490 e. The topological polar surface area (TPSA) is 140 Å². The van der Waals surface area contributed by atoms with Gasteiger partial charge in [0.05, 0.1) is 17.2 Å². The lowest BCUT2D eigenvalue weighted by Gasteiger charge is -2.14. The summed E-state index contributed by atoms with van der Waals surface area (Å²) in [6.07, 6.45) is 1.21. The van der Waals surface area contributed by atoms with Crippen LogP contribution in [-0.2, 0) is 14.4 Å². The maximum absolute atomic E-state index is 13.1. The van der Waals surface area contributed by atoms with E-state index in [9.17, 15) is 28.9 Å². The maximum Gasteiger partial charge on any atom is 0.315 e. The first-order valence-electron chi connectivity index (χ1n) is 11.3. The molecule has 3 aromatic rings. The van der Waals surface area contributed by atoms with E-state index in [0.717, 1.165) is 23.2 Å². The van der Waals surface area contributed by atoms with Crippen molar-refractivity contribution in [2.24, 2.45) is 0 Å². The van der Waals surface area contributed by atoms with Crippen LogP contribution < -0.4 is 25.2 Å². The molecule has 3 amide bonds. The number of anilines is 2. The van der Waals surface area contributed by atoms with Crippen LogP contribution in [0, 0.1) is 15.9 Å². The summed E-state index contributed by atoms with van der Waals surface area (Å²) in [4.78, 5) is 48.8. The summed E-state index contributed by atoms with van der Waals surface area (Å²) >= 11 is 0. The van der Waals surface area contributed by atoms with Gasteiger partial charge in [-0.3, -0.25) is 29.9 Å². The molecule has 194 valence electrons. The van der Waals surface area contributed by atoms with Crippen LogP contribution in [0.25, 0.3) is 6.08 Å². The molecule has 2 N–H and O–H groups in total. The number of halogens is 1. The van der Waals surface area contributed by atoms with E-state index in [1.807, 2.05) is 0 Å². The lowest BCUT2D eigenvalue weighted by atomic mass is 10.1. The van der Waals surface area contributed by atoms with Crippen LogP contribution in [0.5, 0.6) is 11.5 Å². The fourth-order valence-corrected chi connectivity index (χ4v) is 3.59. The maximum atomic E-state index is 13.1. The molecule has 0 aliphatic carbocycles. The third kappa shape index (κ3) is 5.75. The van der Waals surface area contributed by atoms with Crippen LogP contribution in [0.2, 0.25) is 0 Å². The summed E-state index contributed by atoms with van der Waals surface area (Å²) in [6, 6.07) is 15.9. The molecule has 0 spiro atoms. The third-order valence-corrected chi connectivity index (χ3v) is 5.25. The highest BCUT2D eigenvalue weighted by atomic mass is 19.1. The summed E-state index contributed by atoms with van der Waals surface area (Å²) in [5, 5.41) is 15.4. The van der Waals surface area contributed by atoms with Crippen LogP contribution in [0.3, 0.4) is 0 Å². The van der Waals surface area contributed by atoms with Gasteiger partial charge in [-0.15, -0.1) is 0 Å². The second kappa shape index (κ2) is 11.2. The normalized spacial score (nSPS) is 13.8. The Morgan fingerprint density at radius 2 is 1.82 bits per heavy atom. The number of ether oxygens (including phenoxy) is 2. The molecule has 0 atom stereocenters. The molecule has 1 aliphatic heterocycles.